The Morgan fingerprint density at radius 3 is 2.82 bits per heavy atom. The molecule has 0 aliphatic carbocycles. The van der Waals surface area contributed by atoms with Crippen molar-refractivity contribution in [3.05, 3.63) is 29.8 Å². The van der Waals surface area contributed by atoms with Crippen LogP contribution in [-0.2, 0) is 0 Å². The third kappa shape index (κ3) is 2.59. The summed E-state index contributed by atoms with van der Waals surface area (Å²) >= 11 is 0. The van der Waals surface area contributed by atoms with E-state index < -0.39 is 0 Å². The Labute approximate surface area is 103 Å². The summed E-state index contributed by atoms with van der Waals surface area (Å²) in [4.78, 5) is 4.62. The zero-order valence-corrected chi connectivity index (χ0v) is 10.6. The highest BCUT2D eigenvalue weighted by Crippen LogP contribution is 2.24. The van der Waals surface area contributed by atoms with Gasteiger partial charge in [-0.3, -0.25) is 0 Å². The highest BCUT2D eigenvalue weighted by atomic mass is 15.2. The normalized spacial score (nSPS) is 20.4. The van der Waals surface area contributed by atoms with Crippen LogP contribution in [0.3, 0.4) is 0 Å². The molecule has 0 spiro atoms. The van der Waals surface area contributed by atoms with Gasteiger partial charge >= 0.3 is 0 Å². The van der Waals surface area contributed by atoms with Crippen molar-refractivity contribution in [3.8, 4) is 6.07 Å². The number of nitriles is 1. The summed E-state index contributed by atoms with van der Waals surface area (Å²) in [5.74, 6) is 0. The third-order valence-electron chi connectivity index (χ3n) is 3.49. The molecule has 1 unspecified atom stereocenters. The number of nitrogens with zero attached hydrogens (tertiary/aromatic N) is 3. The molecule has 0 aromatic heterocycles. The van der Waals surface area contributed by atoms with Crippen molar-refractivity contribution in [1.82, 2.24) is 4.90 Å². The Balaban J connectivity index is 2.19. The predicted molar refractivity (Wildman–Crippen MR) is 70.1 cm³/mol. The third-order valence-corrected chi connectivity index (χ3v) is 3.49. The van der Waals surface area contributed by atoms with Gasteiger partial charge in [-0.05, 0) is 39.1 Å². The Bertz CT molecular complexity index is 420. The lowest BCUT2D eigenvalue weighted by Gasteiger charge is -2.37. The maximum atomic E-state index is 9.14. The van der Waals surface area contributed by atoms with Crippen LogP contribution in [0, 0.1) is 11.3 Å². The van der Waals surface area contributed by atoms with Gasteiger partial charge < -0.3 is 9.80 Å². The van der Waals surface area contributed by atoms with Crippen LogP contribution in [0.4, 0.5) is 5.69 Å². The van der Waals surface area contributed by atoms with Crippen LogP contribution in [0.2, 0.25) is 0 Å². The highest BCUT2D eigenvalue weighted by Gasteiger charge is 2.22. The average Bonchev–Trinajstić information content (AvgIpc) is 2.39. The Hall–Kier alpha value is -1.53. The van der Waals surface area contributed by atoms with E-state index in [9.17, 15) is 0 Å². The first-order valence-corrected chi connectivity index (χ1v) is 6.13. The van der Waals surface area contributed by atoms with Gasteiger partial charge in [-0.1, -0.05) is 12.1 Å². The molecule has 1 aromatic rings. The second-order valence-electron chi connectivity index (χ2n) is 4.83. The molecule has 1 fully saturated rings. The van der Waals surface area contributed by atoms with E-state index in [2.05, 4.69) is 36.0 Å². The van der Waals surface area contributed by atoms with Crippen LogP contribution < -0.4 is 4.90 Å². The number of piperidine rings is 1. The van der Waals surface area contributed by atoms with Crippen LogP contribution in [0.5, 0.6) is 0 Å². The van der Waals surface area contributed by atoms with Crippen molar-refractivity contribution in [2.45, 2.75) is 18.9 Å². The molecule has 1 aliphatic heterocycles. The summed E-state index contributed by atoms with van der Waals surface area (Å²) in [6.45, 7) is 2.08. The topological polar surface area (TPSA) is 30.3 Å². The summed E-state index contributed by atoms with van der Waals surface area (Å²) in [7, 11) is 4.26. The molecule has 0 bridgehead atoms. The van der Waals surface area contributed by atoms with Crippen LogP contribution in [-0.4, -0.2) is 38.1 Å². The Morgan fingerprint density at radius 1 is 1.35 bits per heavy atom. The molecule has 1 saturated heterocycles. The summed E-state index contributed by atoms with van der Waals surface area (Å²) in [6, 6.07) is 10.8. The largest absolute Gasteiger partial charge is 0.369 e. The number of anilines is 1. The van der Waals surface area contributed by atoms with E-state index in [0.29, 0.717) is 6.04 Å². The number of likely N-dealkylation sites (N-methyl/N-ethyl adjacent to an activating group) is 1. The zero-order valence-electron chi connectivity index (χ0n) is 10.6. The molecular weight excluding hydrogens is 210 g/mol. The van der Waals surface area contributed by atoms with E-state index in [1.807, 2.05) is 18.2 Å². The van der Waals surface area contributed by atoms with Crippen molar-refractivity contribution in [3.63, 3.8) is 0 Å². The number of hydrogen-bond donors (Lipinski definition) is 0. The minimum atomic E-state index is 0.593. The standard InChI is InChI=1S/C14H19N3/c1-16(2)13-7-5-9-17(11-13)14-8-4-3-6-12(14)10-15/h3-4,6,8,13H,5,7,9,11H2,1-2H3. The Morgan fingerprint density at radius 2 is 2.12 bits per heavy atom. The molecule has 0 N–H and O–H groups in total. The van der Waals surface area contributed by atoms with Gasteiger partial charge in [-0.2, -0.15) is 5.26 Å². The number of hydrogen-bond acceptors (Lipinski definition) is 3. The molecule has 17 heavy (non-hydrogen) atoms. The average molecular weight is 229 g/mol. The lowest BCUT2D eigenvalue weighted by Crippen LogP contribution is -2.45. The SMILES string of the molecule is CN(C)C1CCCN(c2ccccc2C#N)C1. The summed E-state index contributed by atoms with van der Waals surface area (Å²) < 4.78 is 0. The fourth-order valence-corrected chi connectivity index (χ4v) is 2.44. The van der Waals surface area contributed by atoms with E-state index in [1.54, 1.807) is 0 Å². The quantitative estimate of drug-likeness (QED) is 0.778. The zero-order chi connectivity index (χ0) is 12.3. The molecule has 0 radical (unpaired) electrons. The molecule has 90 valence electrons. The van der Waals surface area contributed by atoms with Gasteiger partial charge in [0.05, 0.1) is 11.3 Å². The van der Waals surface area contributed by atoms with Crippen molar-refractivity contribution in [2.24, 2.45) is 0 Å². The maximum Gasteiger partial charge on any atom is 0.101 e. The lowest BCUT2D eigenvalue weighted by molar-refractivity contribution is 0.258. The first-order chi connectivity index (χ1) is 8.22. The summed E-state index contributed by atoms with van der Waals surface area (Å²) in [5, 5.41) is 9.14. The van der Waals surface area contributed by atoms with Crippen LogP contribution in [0.1, 0.15) is 18.4 Å². The molecule has 1 heterocycles. The molecule has 3 nitrogen and oxygen atoms in total. The van der Waals surface area contributed by atoms with Gasteiger partial charge in [0.2, 0.25) is 0 Å². The molecular formula is C14H19N3. The summed E-state index contributed by atoms with van der Waals surface area (Å²) in [5.41, 5.74) is 1.87. The minimum absolute atomic E-state index is 0.593. The smallest absolute Gasteiger partial charge is 0.101 e. The van der Waals surface area contributed by atoms with Crippen LogP contribution in [0.15, 0.2) is 24.3 Å². The van der Waals surface area contributed by atoms with Gasteiger partial charge in [0.1, 0.15) is 6.07 Å². The first-order valence-electron chi connectivity index (χ1n) is 6.13. The second-order valence-corrected chi connectivity index (χ2v) is 4.83. The fourth-order valence-electron chi connectivity index (χ4n) is 2.44. The lowest BCUT2D eigenvalue weighted by atomic mass is 10.0. The van der Waals surface area contributed by atoms with E-state index >= 15 is 0 Å². The van der Waals surface area contributed by atoms with Gasteiger partial charge in [-0.15, -0.1) is 0 Å². The fraction of sp³-hybridized carbons (Fsp3) is 0.500. The molecule has 3 heteroatoms. The molecule has 0 amide bonds. The number of benzene rings is 1. The molecule has 1 aliphatic rings. The van der Waals surface area contributed by atoms with Gasteiger partial charge in [0.15, 0.2) is 0 Å². The maximum absolute atomic E-state index is 9.14. The second kappa shape index (κ2) is 5.20. The number of rotatable bonds is 2. The highest BCUT2D eigenvalue weighted by molar-refractivity contribution is 5.59. The van der Waals surface area contributed by atoms with Crippen LogP contribution >= 0.6 is 0 Å². The Kier molecular flexibility index (Phi) is 3.65. The van der Waals surface area contributed by atoms with Crippen molar-refractivity contribution < 1.29 is 0 Å². The van der Waals surface area contributed by atoms with Gasteiger partial charge in [0.25, 0.3) is 0 Å². The van der Waals surface area contributed by atoms with Crippen molar-refractivity contribution in [2.75, 3.05) is 32.1 Å². The van der Waals surface area contributed by atoms with Gasteiger partial charge in [0, 0.05) is 19.1 Å². The molecule has 1 aromatic carbocycles. The van der Waals surface area contributed by atoms with E-state index in [-0.39, 0.29) is 0 Å². The van der Waals surface area contributed by atoms with E-state index in [4.69, 9.17) is 5.26 Å². The van der Waals surface area contributed by atoms with Gasteiger partial charge in [-0.25, -0.2) is 0 Å². The van der Waals surface area contributed by atoms with E-state index in [0.717, 1.165) is 24.3 Å². The monoisotopic (exact) mass is 229 g/mol. The predicted octanol–water partition coefficient (Wildman–Crippen LogP) is 2.09. The molecule has 2 rings (SSSR count). The molecule has 0 saturated carbocycles. The number of para-hydroxylation sites is 1. The van der Waals surface area contributed by atoms with E-state index in [1.165, 1.54) is 12.8 Å². The van der Waals surface area contributed by atoms with Crippen molar-refractivity contribution >= 4 is 5.69 Å². The molecule has 1 atom stereocenters. The summed E-state index contributed by atoms with van der Waals surface area (Å²) in [6.07, 6.45) is 2.45. The van der Waals surface area contributed by atoms with Crippen LogP contribution in [0.25, 0.3) is 0 Å². The minimum Gasteiger partial charge on any atom is -0.369 e. The van der Waals surface area contributed by atoms with Crippen molar-refractivity contribution in [1.29, 1.82) is 5.26 Å². The first kappa shape index (κ1) is 11.9.